The van der Waals surface area contributed by atoms with Crippen LogP contribution < -0.4 is 9.47 Å². The number of rotatable bonds is 9. The summed E-state index contributed by atoms with van der Waals surface area (Å²) in [7, 11) is 0. The summed E-state index contributed by atoms with van der Waals surface area (Å²) < 4.78 is 14.5. The van der Waals surface area contributed by atoms with Gasteiger partial charge in [-0.1, -0.05) is 175 Å². The Morgan fingerprint density at radius 2 is 1.10 bits per heavy atom. The summed E-state index contributed by atoms with van der Waals surface area (Å²) in [4.78, 5) is 11.4. The molecule has 5 heterocycles. The third kappa shape index (κ3) is 23.4. The normalized spacial score (nSPS) is 13.3. The number of benzene rings is 5. The van der Waals surface area contributed by atoms with Crippen molar-refractivity contribution in [2.24, 2.45) is 16.8 Å². The number of ether oxygens (including phenoxy) is 2. The van der Waals surface area contributed by atoms with Gasteiger partial charge < -0.3 is 19.0 Å². The molecule has 81 heavy (non-hydrogen) atoms. The van der Waals surface area contributed by atoms with Crippen LogP contribution in [0.4, 0.5) is 5.69 Å². The molecule has 8 aromatic rings. The zero-order valence-corrected chi connectivity index (χ0v) is 52.1. The van der Waals surface area contributed by atoms with Gasteiger partial charge in [-0.15, -0.1) is 0 Å². The summed E-state index contributed by atoms with van der Waals surface area (Å²) in [6.45, 7) is 37.6. The van der Waals surface area contributed by atoms with Crippen LogP contribution in [0.1, 0.15) is 236 Å². The summed E-state index contributed by atoms with van der Waals surface area (Å²) in [5.74, 6) is 7.77. The standard InChI is InChI=1S/C12H16.2C11H13N.C10H12O2.C10H14.2C6H10N2.C6H12.CH4/c1-9(2)10-3-5-11(6-4-10)12-7-8-12;2*1-8(2)10-4-3-9-5-6-12-11(9)7-10;1-7(2)8-3-4-9-10(5-8)12-6-11-9;1-8(2)10-6-4-9(3)5-7-10;1-6(2)8-4-3-7-5-8;1-6(2)8-5-3-4-7-8;1-5(2)6-3-4-6;/h3-6,9,12H,7-8H2,1-2H3;3-4,6-8H,5H2,1-2H3;3-8,12H,1-2H3;3-5,7H,6H2,1-2H3;4-8H,1-3H3;2*3-6H,1-2H3;5-6H,3-4H2,1-2H3;1H4. The van der Waals surface area contributed by atoms with E-state index in [0.29, 0.717) is 48.5 Å². The van der Waals surface area contributed by atoms with Crippen molar-refractivity contribution in [3.05, 3.63) is 197 Å². The minimum atomic E-state index is 0. The van der Waals surface area contributed by atoms with E-state index >= 15 is 0 Å². The summed E-state index contributed by atoms with van der Waals surface area (Å²) in [6, 6.07) is 42.2. The maximum absolute atomic E-state index is 5.27. The lowest BCUT2D eigenvalue weighted by atomic mass is 10.0. The lowest BCUT2D eigenvalue weighted by molar-refractivity contribution is 0.174. The number of imidazole rings is 1. The molecule has 0 atom stereocenters. The second-order valence-corrected chi connectivity index (χ2v) is 24.2. The largest absolute Gasteiger partial charge is 0.454 e. The third-order valence-electron chi connectivity index (χ3n) is 14.8. The highest BCUT2D eigenvalue weighted by atomic mass is 16.7. The number of nitrogens with one attached hydrogen (secondary N) is 1. The van der Waals surface area contributed by atoms with Crippen molar-refractivity contribution in [3.63, 3.8) is 0 Å². The second-order valence-electron chi connectivity index (χ2n) is 24.2. The third-order valence-corrected chi connectivity index (χ3v) is 14.8. The minimum Gasteiger partial charge on any atom is -0.454 e. The molecule has 12 rings (SSSR count). The van der Waals surface area contributed by atoms with Crippen LogP contribution in [0.2, 0.25) is 0 Å². The van der Waals surface area contributed by atoms with Crippen LogP contribution in [0.3, 0.4) is 0 Å². The Bertz CT molecular complexity index is 2900. The molecule has 8 heteroatoms. The average molecular weight is 1100 g/mol. The number of hydrogen-bond donors (Lipinski definition) is 1. The zero-order valence-electron chi connectivity index (χ0n) is 52.1. The molecule has 2 aliphatic heterocycles. The Morgan fingerprint density at radius 3 is 1.58 bits per heavy atom. The molecule has 5 aromatic carbocycles. The number of aliphatic imine (C=N–C) groups is 1. The fourth-order valence-corrected chi connectivity index (χ4v) is 8.62. The smallest absolute Gasteiger partial charge is 0.231 e. The highest BCUT2D eigenvalue weighted by Crippen LogP contribution is 2.40. The molecule has 8 nitrogen and oxygen atoms in total. The van der Waals surface area contributed by atoms with Crippen molar-refractivity contribution in [1.29, 1.82) is 0 Å². The molecule has 0 unspecified atom stereocenters. The first-order valence-corrected chi connectivity index (χ1v) is 29.9. The van der Waals surface area contributed by atoms with Crippen LogP contribution in [0.25, 0.3) is 10.9 Å². The topological polar surface area (TPSA) is 82.3 Å². The van der Waals surface area contributed by atoms with Crippen molar-refractivity contribution < 1.29 is 9.47 Å². The Labute approximate surface area is 491 Å². The van der Waals surface area contributed by atoms with Crippen LogP contribution in [-0.2, 0) is 6.42 Å². The van der Waals surface area contributed by atoms with Crippen molar-refractivity contribution >= 4 is 22.8 Å². The van der Waals surface area contributed by atoms with Gasteiger partial charge in [0.2, 0.25) is 6.79 Å². The maximum Gasteiger partial charge on any atom is 0.231 e. The van der Waals surface area contributed by atoms with Gasteiger partial charge in [-0.05, 0) is 188 Å². The number of hydrogen-bond acceptors (Lipinski definition) is 5. The molecule has 0 radical (unpaired) electrons. The molecule has 2 fully saturated rings. The van der Waals surface area contributed by atoms with E-state index in [-0.39, 0.29) is 7.43 Å². The number of H-pyrrole nitrogens is 1. The lowest BCUT2D eigenvalue weighted by Gasteiger charge is -2.06. The molecular weight excluding hydrogens is 993 g/mol. The summed E-state index contributed by atoms with van der Waals surface area (Å²) >= 11 is 0. The highest BCUT2D eigenvalue weighted by Gasteiger charge is 2.24. The number of aromatic amines is 1. The predicted molar refractivity (Wildman–Crippen MR) is 349 cm³/mol. The van der Waals surface area contributed by atoms with E-state index in [0.717, 1.165) is 35.7 Å². The van der Waals surface area contributed by atoms with Gasteiger partial charge in [0.1, 0.15) is 0 Å². The molecule has 0 amide bonds. The summed E-state index contributed by atoms with van der Waals surface area (Å²) in [5, 5.41) is 5.32. The van der Waals surface area contributed by atoms with Gasteiger partial charge in [0, 0.05) is 61.2 Å². The fraction of sp³-hybridized carbons (Fsp3) is 0.466. The summed E-state index contributed by atoms with van der Waals surface area (Å²) in [5.41, 5.74) is 13.6. The first-order chi connectivity index (χ1) is 38.2. The molecule has 1 N–H and O–H groups in total. The molecule has 4 aliphatic rings. The quantitative estimate of drug-likeness (QED) is 0.156. The Hall–Kier alpha value is -6.67. The molecule has 0 saturated heterocycles. The predicted octanol–water partition coefficient (Wildman–Crippen LogP) is 21.3. The number of fused-ring (bicyclic) bond motifs is 3. The van der Waals surface area contributed by atoms with Crippen molar-refractivity contribution in [2.45, 2.75) is 205 Å². The van der Waals surface area contributed by atoms with E-state index in [1.165, 1.54) is 81.2 Å². The van der Waals surface area contributed by atoms with E-state index in [1.54, 1.807) is 18.0 Å². The van der Waals surface area contributed by atoms with Gasteiger partial charge in [-0.3, -0.25) is 9.67 Å². The molecule has 3 aromatic heterocycles. The second kappa shape index (κ2) is 33.9. The van der Waals surface area contributed by atoms with Crippen LogP contribution in [0, 0.1) is 18.8 Å². The van der Waals surface area contributed by atoms with Crippen LogP contribution >= 0.6 is 0 Å². The molecular formula is C73H104N6O2. The van der Waals surface area contributed by atoms with Gasteiger partial charge in [0.15, 0.2) is 11.5 Å². The van der Waals surface area contributed by atoms with Gasteiger partial charge in [0.25, 0.3) is 0 Å². The van der Waals surface area contributed by atoms with Crippen molar-refractivity contribution in [3.8, 4) is 11.5 Å². The van der Waals surface area contributed by atoms with E-state index in [1.807, 2.05) is 54.0 Å². The average Bonchev–Trinajstić information content (AvgIpc) is 3.98. The maximum atomic E-state index is 5.27. The Morgan fingerprint density at radius 1 is 0.543 bits per heavy atom. The van der Waals surface area contributed by atoms with Gasteiger partial charge in [0.05, 0.1) is 12.0 Å². The molecule has 0 bridgehead atoms. The van der Waals surface area contributed by atoms with Crippen molar-refractivity contribution in [2.75, 3.05) is 6.79 Å². The Kier molecular flexibility index (Phi) is 28.0. The lowest BCUT2D eigenvalue weighted by Crippen LogP contribution is -1.99. The molecule has 0 spiro atoms. The van der Waals surface area contributed by atoms with Crippen LogP contribution in [-0.4, -0.2) is 37.3 Å². The van der Waals surface area contributed by atoms with E-state index < -0.39 is 0 Å². The number of aryl methyl sites for hydroxylation is 1. The van der Waals surface area contributed by atoms with Crippen LogP contribution in [0.5, 0.6) is 11.5 Å². The highest BCUT2D eigenvalue weighted by molar-refractivity contribution is 5.80. The fourth-order valence-electron chi connectivity index (χ4n) is 8.62. The van der Waals surface area contributed by atoms with Crippen LogP contribution in [0.15, 0.2) is 158 Å². The van der Waals surface area contributed by atoms with Gasteiger partial charge in [-0.2, -0.15) is 5.10 Å². The zero-order chi connectivity index (χ0) is 58.3. The monoisotopic (exact) mass is 1100 g/mol. The Balaban J connectivity index is 0.000000201. The SMILES string of the molecule is C.CC(C)C1CC1.CC(C)c1ccc(C2CC2)cc1.CC(C)c1ccc2c(c1)N=CC2.CC(C)c1ccc2c(c1)OCO2.CC(C)c1ccc2cc[nH]c2c1.CC(C)n1cccn1.CC(C)n1ccnc1.Cc1ccc(C(C)C)cc1. The first-order valence-electron chi connectivity index (χ1n) is 29.9. The number of aromatic nitrogens is 5. The summed E-state index contributed by atoms with van der Waals surface area (Å²) in [6.07, 6.45) is 20.1. The minimum absolute atomic E-state index is 0. The number of nitrogens with zero attached hydrogens (tertiary/aromatic N) is 5. The first kappa shape index (κ1) is 66.8. The van der Waals surface area contributed by atoms with Gasteiger partial charge >= 0.3 is 0 Å². The van der Waals surface area contributed by atoms with E-state index in [9.17, 15) is 0 Å². The van der Waals surface area contributed by atoms with Crippen molar-refractivity contribution in [1.82, 2.24) is 24.3 Å². The van der Waals surface area contributed by atoms with Gasteiger partial charge in [-0.25, -0.2) is 4.98 Å². The van der Waals surface area contributed by atoms with E-state index in [2.05, 4.69) is 239 Å². The molecule has 2 saturated carbocycles. The molecule has 2 aliphatic carbocycles. The van der Waals surface area contributed by atoms with E-state index in [4.69, 9.17) is 9.47 Å². The molecule has 438 valence electrons.